The summed E-state index contributed by atoms with van der Waals surface area (Å²) in [5.74, 6) is 0.466. The van der Waals surface area contributed by atoms with E-state index < -0.39 is 6.43 Å². The van der Waals surface area contributed by atoms with Gasteiger partial charge < -0.3 is 19.3 Å². The SMILES string of the molecule is COc1ncc(-c2ccnc3ccc(OC4CCN(C(=O)C5CCN(C(C)=O)C5)C4)c(C)c23)cc1C(F)F. The second-order valence-corrected chi connectivity index (χ2v) is 9.83. The maximum Gasteiger partial charge on any atom is 0.269 e. The van der Waals surface area contributed by atoms with Crippen LogP contribution in [0.3, 0.4) is 0 Å². The monoisotopic (exact) mass is 524 g/mol. The summed E-state index contributed by atoms with van der Waals surface area (Å²) in [6.45, 7) is 5.63. The standard InChI is InChI=1S/C28H30F2N4O4/c1-16-24(38-20-8-11-34(15-20)28(36)18-7-10-33(14-18)17(2)35)5-4-23-25(16)21(6-9-31-23)19-12-22(26(29)30)27(37-3)32-13-19/h4-6,9,12-13,18,20,26H,7-8,10-11,14-15H2,1-3H3. The number of hydrogen-bond acceptors (Lipinski definition) is 6. The van der Waals surface area contributed by atoms with Crippen molar-refractivity contribution in [1.82, 2.24) is 19.8 Å². The number of likely N-dealkylation sites (tertiary alicyclic amines) is 2. The molecule has 2 aliphatic heterocycles. The van der Waals surface area contributed by atoms with Crippen molar-refractivity contribution in [1.29, 1.82) is 0 Å². The number of pyridine rings is 2. The highest BCUT2D eigenvalue weighted by molar-refractivity contribution is 5.98. The smallest absolute Gasteiger partial charge is 0.269 e. The summed E-state index contributed by atoms with van der Waals surface area (Å²) in [7, 11) is 1.32. The fraction of sp³-hybridized carbons (Fsp3) is 0.429. The molecule has 200 valence electrons. The molecule has 2 atom stereocenters. The molecule has 4 heterocycles. The van der Waals surface area contributed by atoms with E-state index in [9.17, 15) is 18.4 Å². The largest absolute Gasteiger partial charge is 0.488 e. The Labute approximate surface area is 219 Å². The third kappa shape index (κ3) is 4.87. The number of methoxy groups -OCH3 is 1. The molecule has 2 fully saturated rings. The Bertz CT molecular complexity index is 1380. The quantitative estimate of drug-likeness (QED) is 0.475. The van der Waals surface area contributed by atoms with Crippen molar-refractivity contribution in [3.05, 3.63) is 47.8 Å². The van der Waals surface area contributed by atoms with E-state index in [1.807, 2.05) is 24.0 Å². The lowest BCUT2D eigenvalue weighted by atomic mass is 9.97. The number of carbonyl (C=O) groups excluding carboxylic acids is 2. The number of carbonyl (C=O) groups is 2. The minimum atomic E-state index is -2.73. The number of nitrogens with zero attached hydrogens (tertiary/aromatic N) is 4. The lowest BCUT2D eigenvalue weighted by molar-refractivity contribution is -0.134. The number of fused-ring (bicyclic) bond motifs is 1. The average molecular weight is 525 g/mol. The number of aryl methyl sites for hydroxylation is 1. The molecule has 38 heavy (non-hydrogen) atoms. The molecule has 2 amide bonds. The molecule has 0 N–H and O–H groups in total. The predicted molar refractivity (Wildman–Crippen MR) is 137 cm³/mol. The fourth-order valence-electron chi connectivity index (χ4n) is 5.42. The van der Waals surface area contributed by atoms with Gasteiger partial charge in [-0.15, -0.1) is 0 Å². The molecule has 1 aromatic carbocycles. The zero-order valence-corrected chi connectivity index (χ0v) is 21.6. The number of benzene rings is 1. The van der Waals surface area contributed by atoms with Crippen molar-refractivity contribution in [2.24, 2.45) is 5.92 Å². The third-order valence-corrected chi connectivity index (χ3v) is 7.47. The number of halogens is 2. The van der Waals surface area contributed by atoms with Crippen molar-refractivity contribution in [3.8, 4) is 22.8 Å². The molecule has 0 radical (unpaired) electrons. The Balaban J connectivity index is 1.37. The van der Waals surface area contributed by atoms with Gasteiger partial charge in [0.25, 0.3) is 6.43 Å². The van der Waals surface area contributed by atoms with Crippen LogP contribution in [-0.4, -0.2) is 71.0 Å². The van der Waals surface area contributed by atoms with Gasteiger partial charge in [-0.25, -0.2) is 13.8 Å². The first-order valence-electron chi connectivity index (χ1n) is 12.7. The van der Waals surface area contributed by atoms with Gasteiger partial charge in [0, 0.05) is 61.9 Å². The molecular weight excluding hydrogens is 494 g/mol. The van der Waals surface area contributed by atoms with Crippen LogP contribution in [-0.2, 0) is 9.59 Å². The molecule has 5 rings (SSSR count). The molecular formula is C28H30F2N4O4. The van der Waals surface area contributed by atoms with Crippen molar-refractivity contribution in [2.75, 3.05) is 33.3 Å². The zero-order chi connectivity index (χ0) is 27.0. The van der Waals surface area contributed by atoms with E-state index in [-0.39, 0.29) is 35.3 Å². The van der Waals surface area contributed by atoms with Crippen molar-refractivity contribution < 1.29 is 27.8 Å². The predicted octanol–water partition coefficient (Wildman–Crippen LogP) is 4.40. The van der Waals surface area contributed by atoms with Gasteiger partial charge in [-0.2, -0.15) is 0 Å². The van der Waals surface area contributed by atoms with Crippen LogP contribution in [0.5, 0.6) is 11.6 Å². The molecule has 0 saturated carbocycles. The molecule has 10 heteroatoms. The molecule has 2 saturated heterocycles. The summed E-state index contributed by atoms with van der Waals surface area (Å²) >= 11 is 0. The number of amides is 2. The Morgan fingerprint density at radius 3 is 2.58 bits per heavy atom. The third-order valence-electron chi connectivity index (χ3n) is 7.47. The van der Waals surface area contributed by atoms with E-state index >= 15 is 0 Å². The molecule has 2 aromatic heterocycles. The van der Waals surface area contributed by atoms with Crippen LogP contribution in [0, 0.1) is 12.8 Å². The average Bonchev–Trinajstić information content (AvgIpc) is 3.60. The van der Waals surface area contributed by atoms with E-state index in [0.717, 1.165) is 16.5 Å². The lowest BCUT2D eigenvalue weighted by Crippen LogP contribution is -2.37. The highest BCUT2D eigenvalue weighted by Crippen LogP contribution is 2.37. The minimum Gasteiger partial charge on any atom is -0.488 e. The number of rotatable bonds is 6. The van der Waals surface area contributed by atoms with Gasteiger partial charge in [0.1, 0.15) is 11.9 Å². The van der Waals surface area contributed by atoms with Gasteiger partial charge in [0.15, 0.2) is 0 Å². The molecule has 0 bridgehead atoms. The summed E-state index contributed by atoms with van der Waals surface area (Å²) in [6.07, 6.45) is 1.64. The number of aromatic nitrogens is 2. The maximum absolute atomic E-state index is 13.6. The molecule has 2 unspecified atom stereocenters. The number of ether oxygens (including phenoxy) is 2. The molecule has 2 aliphatic rings. The first kappa shape index (κ1) is 25.8. The Hall–Kier alpha value is -3.82. The van der Waals surface area contributed by atoms with Crippen LogP contribution >= 0.6 is 0 Å². The molecule has 0 aliphatic carbocycles. The van der Waals surface area contributed by atoms with Crippen LogP contribution in [0.1, 0.15) is 37.3 Å². The van der Waals surface area contributed by atoms with Gasteiger partial charge >= 0.3 is 0 Å². The first-order valence-corrected chi connectivity index (χ1v) is 12.7. The Morgan fingerprint density at radius 2 is 1.87 bits per heavy atom. The lowest BCUT2D eigenvalue weighted by Gasteiger charge is -2.22. The van der Waals surface area contributed by atoms with E-state index in [0.29, 0.717) is 55.9 Å². The maximum atomic E-state index is 13.6. The highest BCUT2D eigenvalue weighted by atomic mass is 19.3. The molecule has 8 nitrogen and oxygen atoms in total. The Kier molecular flexibility index (Phi) is 7.14. The highest BCUT2D eigenvalue weighted by Gasteiger charge is 2.36. The Morgan fingerprint density at radius 1 is 1.08 bits per heavy atom. The second-order valence-electron chi connectivity index (χ2n) is 9.83. The van der Waals surface area contributed by atoms with Crippen molar-refractivity contribution in [2.45, 2.75) is 39.2 Å². The normalized spacial score (nSPS) is 19.4. The molecule has 3 aromatic rings. The van der Waals surface area contributed by atoms with E-state index in [4.69, 9.17) is 9.47 Å². The van der Waals surface area contributed by atoms with E-state index in [1.54, 1.807) is 17.2 Å². The van der Waals surface area contributed by atoms with Crippen LogP contribution in [0.25, 0.3) is 22.0 Å². The summed E-state index contributed by atoms with van der Waals surface area (Å²) < 4.78 is 38.6. The number of alkyl halides is 2. The van der Waals surface area contributed by atoms with Gasteiger partial charge in [-0.05, 0) is 43.2 Å². The van der Waals surface area contributed by atoms with Crippen LogP contribution in [0.2, 0.25) is 0 Å². The summed E-state index contributed by atoms with van der Waals surface area (Å²) in [5.41, 5.74) is 2.51. The van der Waals surface area contributed by atoms with E-state index in [2.05, 4.69) is 9.97 Å². The number of hydrogen-bond donors (Lipinski definition) is 0. The summed E-state index contributed by atoms with van der Waals surface area (Å²) in [4.78, 5) is 36.8. The first-order chi connectivity index (χ1) is 18.3. The van der Waals surface area contributed by atoms with Crippen LogP contribution in [0.4, 0.5) is 8.78 Å². The van der Waals surface area contributed by atoms with Gasteiger partial charge in [0.2, 0.25) is 17.7 Å². The topological polar surface area (TPSA) is 84.9 Å². The van der Waals surface area contributed by atoms with E-state index in [1.165, 1.54) is 26.3 Å². The summed E-state index contributed by atoms with van der Waals surface area (Å²) in [5, 5.41) is 0.790. The fourth-order valence-corrected chi connectivity index (χ4v) is 5.42. The van der Waals surface area contributed by atoms with Gasteiger partial charge in [0.05, 0.1) is 30.7 Å². The van der Waals surface area contributed by atoms with Gasteiger partial charge in [-0.3, -0.25) is 14.6 Å². The van der Waals surface area contributed by atoms with Crippen LogP contribution in [0.15, 0.2) is 36.7 Å². The minimum absolute atomic E-state index is 0.000536. The molecule has 0 spiro atoms. The van der Waals surface area contributed by atoms with Crippen molar-refractivity contribution in [3.63, 3.8) is 0 Å². The van der Waals surface area contributed by atoms with Crippen molar-refractivity contribution >= 4 is 22.7 Å². The second kappa shape index (κ2) is 10.5. The summed E-state index contributed by atoms with van der Waals surface area (Å²) in [6, 6.07) is 6.88. The zero-order valence-electron chi connectivity index (χ0n) is 21.6. The van der Waals surface area contributed by atoms with Crippen LogP contribution < -0.4 is 9.47 Å². The van der Waals surface area contributed by atoms with Gasteiger partial charge in [-0.1, -0.05) is 0 Å².